The standard InChI is InChI=1S/C12H16BrF2O3P/c1-4-17-19(16,18-5-2)11-8(3)6-7-9(10(11)13)12(14)15/h6-7,12H,4-5H2,1-3H3. The highest BCUT2D eigenvalue weighted by Gasteiger charge is 2.33. The van der Waals surface area contributed by atoms with E-state index in [9.17, 15) is 13.3 Å². The molecule has 108 valence electrons. The SMILES string of the molecule is CCOP(=O)(OCC)c1c(C)ccc(C(F)F)c1Br. The van der Waals surface area contributed by atoms with Crippen molar-refractivity contribution in [3.63, 3.8) is 0 Å². The monoisotopic (exact) mass is 356 g/mol. The molecule has 0 spiro atoms. The van der Waals surface area contributed by atoms with E-state index in [1.54, 1.807) is 20.8 Å². The van der Waals surface area contributed by atoms with Crippen LogP contribution in [-0.4, -0.2) is 13.2 Å². The van der Waals surface area contributed by atoms with Crippen molar-refractivity contribution in [2.45, 2.75) is 27.2 Å². The van der Waals surface area contributed by atoms with Gasteiger partial charge in [-0.15, -0.1) is 0 Å². The Morgan fingerprint density at radius 2 is 1.79 bits per heavy atom. The normalized spacial score (nSPS) is 12.2. The summed E-state index contributed by atoms with van der Waals surface area (Å²) in [5.41, 5.74) is 0.363. The Morgan fingerprint density at radius 1 is 1.26 bits per heavy atom. The highest BCUT2D eigenvalue weighted by molar-refractivity contribution is 9.10. The molecule has 0 aliphatic carbocycles. The van der Waals surface area contributed by atoms with Crippen LogP contribution in [0.5, 0.6) is 0 Å². The molecule has 0 aliphatic rings. The van der Waals surface area contributed by atoms with Gasteiger partial charge in [0.25, 0.3) is 6.43 Å². The quantitative estimate of drug-likeness (QED) is 0.699. The van der Waals surface area contributed by atoms with Crippen LogP contribution >= 0.6 is 23.5 Å². The molecule has 0 amide bonds. The smallest absolute Gasteiger partial charge is 0.305 e. The lowest BCUT2D eigenvalue weighted by Gasteiger charge is -2.21. The van der Waals surface area contributed by atoms with Crippen molar-refractivity contribution < 1.29 is 22.4 Å². The summed E-state index contributed by atoms with van der Waals surface area (Å²) in [5, 5.41) is 0.175. The molecular formula is C12H16BrF2O3P. The zero-order chi connectivity index (χ0) is 14.6. The van der Waals surface area contributed by atoms with Gasteiger partial charge in [-0.2, -0.15) is 0 Å². The zero-order valence-corrected chi connectivity index (χ0v) is 13.4. The summed E-state index contributed by atoms with van der Waals surface area (Å²) in [6.07, 6.45) is -2.66. The molecule has 0 N–H and O–H groups in total. The number of halogens is 3. The van der Waals surface area contributed by atoms with Crippen molar-refractivity contribution in [3.05, 3.63) is 27.7 Å². The summed E-state index contributed by atoms with van der Waals surface area (Å²) in [4.78, 5) is 0. The molecule has 19 heavy (non-hydrogen) atoms. The van der Waals surface area contributed by atoms with Gasteiger partial charge in [0.05, 0.1) is 18.5 Å². The maximum Gasteiger partial charge on any atom is 0.362 e. The highest BCUT2D eigenvalue weighted by Crippen LogP contribution is 2.50. The van der Waals surface area contributed by atoms with Crippen molar-refractivity contribution in [1.82, 2.24) is 0 Å². The summed E-state index contributed by atoms with van der Waals surface area (Å²) >= 11 is 3.10. The minimum atomic E-state index is -3.59. The topological polar surface area (TPSA) is 35.5 Å². The van der Waals surface area contributed by atoms with Crippen LogP contribution in [0.25, 0.3) is 0 Å². The van der Waals surface area contributed by atoms with E-state index in [1.807, 2.05) is 0 Å². The largest absolute Gasteiger partial charge is 0.362 e. The first-order chi connectivity index (χ1) is 8.87. The molecule has 7 heteroatoms. The minimum absolute atomic E-state index is 0.0905. The molecule has 0 heterocycles. The first-order valence-electron chi connectivity index (χ1n) is 5.84. The molecule has 0 aliphatic heterocycles. The minimum Gasteiger partial charge on any atom is -0.305 e. The maximum absolute atomic E-state index is 12.9. The summed E-state index contributed by atoms with van der Waals surface area (Å²) in [6.45, 7) is 5.36. The van der Waals surface area contributed by atoms with Gasteiger partial charge in [-0.05, 0) is 42.3 Å². The van der Waals surface area contributed by atoms with Crippen LogP contribution < -0.4 is 5.30 Å². The average molecular weight is 357 g/mol. The molecule has 0 bridgehead atoms. The van der Waals surface area contributed by atoms with E-state index in [0.29, 0.717) is 5.56 Å². The van der Waals surface area contributed by atoms with Crippen molar-refractivity contribution in [2.75, 3.05) is 13.2 Å². The fraction of sp³-hybridized carbons (Fsp3) is 0.500. The highest BCUT2D eigenvalue weighted by atomic mass is 79.9. The predicted molar refractivity (Wildman–Crippen MR) is 74.3 cm³/mol. The van der Waals surface area contributed by atoms with Crippen LogP contribution in [0.15, 0.2) is 16.6 Å². The molecule has 0 aromatic heterocycles. The van der Waals surface area contributed by atoms with Crippen molar-refractivity contribution >= 4 is 28.8 Å². The van der Waals surface area contributed by atoms with Gasteiger partial charge < -0.3 is 9.05 Å². The summed E-state index contributed by atoms with van der Waals surface area (Å²) in [5.74, 6) is 0. The van der Waals surface area contributed by atoms with Crippen molar-refractivity contribution in [2.24, 2.45) is 0 Å². The third-order valence-corrected chi connectivity index (χ3v) is 5.94. The second kappa shape index (κ2) is 6.93. The van der Waals surface area contributed by atoms with Crippen LogP contribution in [0, 0.1) is 6.92 Å². The van der Waals surface area contributed by atoms with Crippen LogP contribution in [0.4, 0.5) is 8.78 Å². The first-order valence-corrected chi connectivity index (χ1v) is 8.17. The number of alkyl halides is 2. The van der Waals surface area contributed by atoms with Gasteiger partial charge in [-0.25, -0.2) is 8.78 Å². The van der Waals surface area contributed by atoms with Crippen molar-refractivity contribution in [3.8, 4) is 0 Å². The van der Waals surface area contributed by atoms with E-state index in [4.69, 9.17) is 9.05 Å². The lowest BCUT2D eigenvalue weighted by molar-refractivity contribution is 0.150. The Morgan fingerprint density at radius 3 is 2.21 bits per heavy atom. The van der Waals surface area contributed by atoms with Crippen LogP contribution in [0.3, 0.4) is 0 Å². The third kappa shape index (κ3) is 3.63. The van der Waals surface area contributed by atoms with Gasteiger partial charge >= 0.3 is 7.60 Å². The molecule has 0 atom stereocenters. The van der Waals surface area contributed by atoms with Crippen LogP contribution in [0.2, 0.25) is 0 Å². The number of hydrogen-bond acceptors (Lipinski definition) is 3. The van der Waals surface area contributed by atoms with Gasteiger partial charge in [-0.1, -0.05) is 12.1 Å². The fourth-order valence-corrected chi connectivity index (χ4v) is 4.85. The summed E-state index contributed by atoms with van der Waals surface area (Å²) in [7, 11) is -3.59. The molecule has 1 aromatic carbocycles. The van der Waals surface area contributed by atoms with Gasteiger partial charge in [0, 0.05) is 10.0 Å². The number of benzene rings is 1. The van der Waals surface area contributed by atoms with E-state index in [2.05, 4.69) is 15.9 Å². The summed E-state index contributed by atoms with van der Waals surface area (Å²) < 4.78 is 49.0. The lowest BCUT2D eigenvalue weighted by Crippen LogP contribution is -2.17. The van der Waals surface area contributed by atoms with Crippen LogP contribution in [0.1, 0.15) is 31.4 Å². The van der Waals surface area contributed by atoms with Gasteiger partial charge in [0.2, 0.25) is 0 Å². The van der Waals surface area contributed by atoms with E-state index in [0.717, 1.165) is 0 Å². The van der Waals surface area contributed by atoms with Crippen LogP contribution in [-0.2, 0) is 13.6 Å². The predicted octanol–water partition coefficient (Wildman–Crippen LogP) is 4.59. The molecule has 0 radical (unpaired) electrons. The second-order valence-corrected chi connectivity index (χ2v) is 6.52. The Kier molecular flexibility index (Phi) is 6.12. The molecule has 0 saturated heterocycles. The van der Waals surface area contributed by atoms with Gasteiger partial charge in [-0.3, -0.25) is 4.57 Å². The zero-order valence-electron chi connectivity index (χ0n) is 11.0. The molecule has 0 saturated carbocycles. The lowest BCUT2D eigenvalue weighted by atomic mass is 10.1. The molecule has 0 unspecified atom stereocenters. The Balaban J connectivity index is 3.45. The molecule has 1 aromatic rings. The number of aryl methyl sites for hydroxylation is 1. The summed E-state index contributed by atoms with van der Waals surface area (Å²) in [6, 6.07) is 2.79. The molecule has 3 nitrogen and oxygen atoms in total. The first kappa shape index (κ1) is 16.8. The number of rotatable bonds is 6. The van der Waals surface area contributed by atoms with Gasteiger partial charge in [0.15, 0.2) is 0 Å². The van der Waals surface area contributed by atoms with E-state index < -0.39 is 14.0 Å². The molecule has 1 rings (SSSR count). The number of hydrogen-bond donors (Lipinski definition) is 0. The third-order valence-electron chi connectivity index (χ3n) is 2.45. The Hall–Kier alpha value is -0.290. The van der Waals surface area contributed by atoms with Gasteiger partial charge in [0.1, 0.15) is 0 Å². The van der Waals surface area contributed by atoms with E-state index >= 15 is 0 Å². The average Bonchev–Trinajstić information content (AvgIpc) is 2.28. The molecular weight excluding hydrogens is 341 g/mol. The van der Waals surface area contributed by atoms with E-state index in [1.165, 1.54) is 12.1 Å². The van der Waals surface area contributed by atoms with Crippen molar-refractivity contribution in [1.29, 1.82) is 0 Å². The maximum atomic E-state index is 12.9. The fourth-order valence-electron chi connectivity index (χ4n) is 1.69. The van der Waals surface area contributed by atoms with E-state index in [-0.39, 0.29) is 28.6 Å². The Bertz CT molecular complexity index is 484. The Labute approximate surface area is 120 Å². The molecule has 0 fully saturated rings. The second-order valence-electron chi connectivity index (χ2n) is 3.77.